The van der Waals surface area contributed by atoms with Crippen LogP contribution in [0.25, 0.3) is 11.1 Å². The van der Waals surface area contributed by atoms with Crippen LogP contribution in [-0.2, 0) is 16.0 Å². The molecule has 2 aromatic rings. The number of hydrogen-bond donors (Lipinski definition) is 2. The lowest BCUT2D eigenvalue weighted by Gasteiger charge is -2.28. The number of halogens is 4. The summed E-state index contributed by atoms with van der Waals surface area (Å²) in [5.74, 6) is -1.75. The summed E-state index contributed by atoms with van der Waals surface area (Å²) in [6.45, 7) is 4.24. The summed E-state index contributed by atoms with van der Waals surface area (Å²) in [5.41, 5.74) is -1.95. The molecular formula is C24H23F4NO3S. The molecule has 1 aliphatic carbocycles. The van der Waals surface area contributed by atoms with Crippen LogP contribution in [0.15, 0.2) is 66.1 Å². The lowest BCUT2D eigenvalue weighted by Crippen LogP contribution is -2.29. The second kappa shape index (κ2) is 8.38. The van der Waals surface area contributed by atoms with Crippen molar-refractivity contribution >= 4 is 9.84 Å². The van der Waals surface area contributed by atoms with E-state index in [2.05, 4.69) is 11.9 Å². The van der Waals surface area contributed by atoms with E-state index < -0.39 is 49.6 Å². The largest absolute Gasteiger partial charge is 0.417 e. The molecule has 0 saturated carbocycles. The summed E-state index contributed by atoms with van der Waals surface area (Å²) < 4.78 is 82.1. The van der Waals surface area contributed by atoms with Crippen LogP contribution in [0.2, 0.25) is 0 Å². The molecule has 4 nitrogen and oxygen atoms in total. The van der Waals surface area contributed by atoms with Gasteiger partial charge in [0.1, 0.15) is 11.4 Å². The Kier molecular flexibility index (Phi) is 6.01. The van der Waals surface area contributed by atoms with E-state index in [-0.39, 0.29) is 30.0 Å². The zero-order valence-corrected chi connectivity index (χ0v) is 18.4. The van der Waals surface area contributed by atoms with Crippen molar-refractivity contribution < 1.29 is 31.1 Å². The lowest BCUT2D eigenvalue weighted by atomic mass is 9.86. The third-order valence-corrected chi connectivity index (χ3v) is 7.99. The minimum Gasteiger partial charge on any atom is -0.382 e. The fourth-order valence-corrected chi connectivity index (χ4v) is 5.85. The summed E-state index contributed by atoms with van der Waals surface area (Å²) in [4.78, 5) is -0.837. The summed E-state index contributed by atoms with van der Waals surface area (Å²) in [6, 6.07) is 7.15. The molecular weight excluding hydrogens is 458 g/mol. The Morgan fingerprint density at radius 2 is 1.94 bits per heavy atom. The predicted molar refractivity (Wildman–Crippen MR) is 117 cm³/mol. The first-order valence-corrected chi connectivity index (χ1v) is 12.1. The molecule has 0 bridgehead atoms. The normalized spacial score (nSPS) is 25.1. The van der Waals surface area contributed by atoms with Gasteiger partial charge in [-0.15, -0.1) is 0 Å². The molecule has 4 rings (SSSR count). The van der Waals surface area contributed by atoms with E-state index >= 15 is 0 Å². The van der Waals surface area contributed by atoms with Crippen molar-refractivity contribution in [1.29, 1.82) is 0 Å². The number of nitrogens with one attached hydrogen (secondary N) is 1. The maximum Gasteiger partial charge on any atom is 0.417 e. The second-order valence-electron chi connectivity index (χ2n) is 8.54. The van der Waals surface area contributed by atoms with E-state index in [1.807, 2.05) is 0 Å². The fraction of sp³-hybridized carbons (Fsp3) is 0.333. The molecule has 2 aromatic carbocycles. The monoisotopic (exact) mass is 481 g/mol. The van der Waals surface area contributed by atoms with E-state index in [0.717, 1.165) is 6.07 Å². The standard InChI is InChI=1S/C24H23F4NO3S/c1-2-23(30)9-7-15(8-10-23)14-33(31,32)22-6-4-16(11-19(22)24(26,27)28)18-5-3-17(12-20(18)25)21-13-29-21/h2-7,9,11-12,15,21,29-30H,1,8,10,13-14H2/t15-,21?,23+/m0/s1. The smallest absolute Gasteiger partial charge is 0.382 e. The SMILES string of the molecule is C=C[C@@]1(O)C=C[C@H](CS(=O)(=O)c2ccc(-c3ccc(C4CN4)cc3F)cc2C(F)(F)F)CC1. The van der Waals surface area contributed by atoms with Gasteiger partial charge in [0.05, 0.1) is 16.2 Å². The zero-order valence-electron chi connectivity index (χ0n) is 17.6. The Morgan fingerprint density at radius 1 is 1.21 bits per heavy atom. The van der Waals surface area contributed by atoms with Gasteiger partial charge in [0.2, 0.25) is 0 Å². The molecule has 9 heteroatoms. The van der Waals surface area contributed by atoms with Gasteiger partial charge in [-0.2, -0.15) is 13.2 Å². The topological polar surface area (TPSA) is 76.3 Å². The number of rotatable bonds is 6. The highest BCUT2D eigenvalue weighted by Crippen LogP contribution is 2.39. The van der Waals surface area contributed by atoms with Gasteiger partial charge in [-0.05, 0) is 48.1 Å². The number of benzene rings is 2. The van der Waals surface area contributed by atoms with Gasteiger partial charge < -0.3 is 10.4 Å². The van der Waals surface area contributed by atoms with Gasteiger partial charge in [0, 0.05) is 18.2 Å². The molecule has 1 unspecified atom stereocenters. The molecule has 1 heterocycles. The first-order chi connectivity index (χ1) is 15.4. The maximum atomic E-state index is 14.6. The molecule has 1 aliphatic heterocycles. The van der Waals surface area contributed by atoms with Crippen molar-refractivity contribution in [2.45, 2.75) is 35.6 Å². The molecule has 2 aliphatic rings. The average Bonchev–Trinajstić information content (AvgIpc) is 3.60. The Balaban J connectivity index is 1.67. The Labute approximate surface area is 189 Å². The van der Waals surface area contributed by atoms with Crippen LogP contribution in [0.4, 0.5) is 17.6 Å². The Morgan fingerprint density at radius 3 is 2.48 bits per heavy atom. The van der Waals surface area contributed by atoms with Crippen LogP contribution in [-0.4, -0.2) is 31.4 Å². The van der Waals surface area contributed by atoms with Gasteiger partial charge >= 0.3 is 6.18 Å². The zero-order chi connectivity index (χ0) is 24.0. The van der Waals surface area contributed by atoms with E-state index in [4.69, 9.17) is 0 Å². The van der Waals surface area contributed by atoms with E-state index in [9.17, 15) is 31.1 Å². The van der Waals surface area contributed by atoms with Gasteiger partial charge in [-0.3, -0.25) is 0 Å². The highest BCUT2D eigenvalue weighted by atomic mass is 32.2. The predicted octanol–water partition coefficient (Wildman–Crippen LogP) is 4.81. The Bertz CT molecular complexity index is 1220. The van der Waals surface area contributed by atoms with Gasteiger partial charge in [0.15, 0.2) is 9.84 Å². The highest BCUT2D eigenvalue weighted by Gasteiger charge is 2.39. The van der Waals surface area contributed by atoms with Crippen molar-refractivity contribution in [2.24, 2.45) is 5.92 Å². The molecule has 2 N–H and O–H groups in total. The van der Waals surface area contributed by atoms with Crippen molar-refractivity contribution in [3.63, 3.8) is 0 Å². The van der Waals surface area contributed by atoms with Crippen molar-refractivity contribution in [2.75, 3.05) is 12.3 Å². The molecule has 0 aromatic heterocycles. The molecule has 1 saturated heterocycles. The second-order valence-corrected chi connectivity index (χ2v) is 10.5. The van der Waals surface area contributed by atoms with E-state index in [1.54, 1.807) is 6.07 Å². The quantitative estimate of drug-likeness (QED) is 0.353. The van der Waals surface area contributed by atoms with Crippen LogP contribution in [0.1, 0.15) is 30.0 Å². The van der Waals surface area contributed by atoms with Crippen LogP contribution in [0.3, 0.4) is 0 Å². The summed E-state index contributed by atoms with van der Waals surface area (Å²) in [6.07, 6.45) is -0.189. The maximum absolute atomic E-state index is 14.6. The summed E-state index contributed by atoms with van der Waals surface area (Å²) in [5, 5.41) is 13.2. The molecule has 176 valence electrons. The average molecular weight is 482 g/mol. The highest BCUT2D eigenvalue weighted by molar-refractivity contribution is 7.91. The van der Waals surface area contributed by atoms with Crippen LogP contribution in [0, 0.1) is 11.7 Å². The minimum atomic E-state index is -4.95. The van der Waals surface area contributed by atoms with Gasteiger partial charge in [-0.25, -0.2) is 12.8 Å². The van der Waals surface area contributed by atoms with Crippen molar-refractivity contribution in [3.05, 3.63) is 78.1 Å². The van der Waals surface area contributed by atoms with Crippen LogP contribution in [0.5, 0.6) is 0 Å². The number of allylic oxidation sites excluding steroid dienone is 1. The fourth-order valence-electron chi connectivity index (χ4n) is 4.05. The number of sulfone groups is 1. The van der Waals surface area contributed by atoms with Crippen molar-refractivity contribution in [3.8, 4) is 11.1 Å². The summed E-state index contributed by atoms with van der Waals surface area (Å²) >= 11 is 0. The lowest BCUT2D eigenvalue weighted by molar-refractivity contribution is -0.139. The number of alkyl halides is 3. The molecule has 33 heavy (non-hydrogen) atoms. The first-order valence-electron chi connectivity index (χ1n) is 10.4. The third kappa shape index (κ3) is 5.05. The Hall–Kier alpha value is -2.49. The van der Waals surface area contributed by atoms with Crippen molar-refractivity contribution in [1.82, 2.24) is 5.32 Å². The van der Waals surface area contributed by atoms with Gasteiger partial charge in [0.25, 0.3) is 0 Å². The van der Waals surface area contributed by atoms with Crippen LogP contribution < -0.4 is 5.32 Å². The van der Waals surface area contributed by atoms with E-state index in [0.29, 0.717) is 18.2 Å². The number of hydrogen-bond acceptors (Lipinski definition) is 4. The summed E-state index contributed by atoms with van der Waals surface area (Å²) in [7, 11) is -4.32. The van der Waals surface area contributed by atoms with E-state index in [1.165, 1.54) is 36.4 Å². The molecule has 1 fully saturated rings. The minimum absolute atomic E-state index is 0.0345. The molecule has 0 radical (unpaired) electrons. The number of aliphatic hydroxyl groups is 1. The molecule has 0 amide bonds. The van der Waals surface area contributed by atoms with Crippen LogP contribution >= 0.6 is 0 Å². The first kappa shape index (κ1) is 23.7. The molecule has 3 atom stereocenters. The third-order valence-electron chi connectivity index (χ3n) is 6.09. The van der Waals surface area contributed by atoms with Gasteiger partial charge in [-0.1, -0.05) is 43.0 Å². The molecule has 0 spiro atoms.